The van der Waals surface area contributed by atoms with Gasteiger partial charge in [0.25, 0.3) is 0 Å². The Balaban J connectivity index is 1.47. The lowest BCUT2D eigenvalue weighted by Crippen LogP contribution is -2.39. The molecule has 1 saturated carbocycles. The Morgan fingerprint density at radius 2 is 1.89 bits per heavy atom. The summed E-state index contributed by atoms with van der Waals surface area (Å²) in [5.74, 6) is 0.769. The Labute approximate surface area is 119 Å². The minimum atomic E-state index is 0.702. The summed E-state index contributed by atoms with van der Waals surface area (Å²) in [6.07, 6.45) is 2.57. The highest BCUT2D eigenvalue weighted by Crippen LogP contribution is 2.36. The van der Waals surface area contributed by atoms with Gasteiger partial charge >= 0.3 is 0 Å². The molecule has 2 heteroatoms. The van der Waals surface area contributed by atoms with E-state index in [0.717, 1.165) is 12.5 Å². The van der Waals surface area contributed by atoms with Crippen LogP contribution in [0.5, 0.6) is 0 Å². The molecule has 1 heterocycles. The van der Waals surface area contributed by atoms with Crippen LogP contribution < -0.4 is 5.32 Å². The first kappa shape index (κ1) is 12.9. The van der Waals surface area contributed by atoms with Crippen molar-refractivity contribution in [1.29, 1.82) is 0 Å². The average molecular weight is 271 g/mol. The number of aryl methyl sites for hydroxylation is 2. The summed E-state index contributed by atoms with van der Waals surface area (Å²) in [5, 5.41) is 3.69. The van der Waals surface area contributed by atoms with Gasteiger partial charge in [-0.25, -0.2) is 0 Å². The molecule has 0 bridgehead atoms. The molecule has 1 aliphatic carbocycles. The van der Waals surface area contributed by atoms with Crippen molar-refractivity contribution in [1.82, 2.24) is 5.32 Å². The molecule has 0 amide bonds. The van der Waals surface area contributed by atoms with Gasteiger partial charge in [-0.15, -0.1) is 11.3 Å². The van der Waals surface area contributed by atoms with Gasteiger partial charge in [0.2, 0.25) is 0 Å². The summed E-state index contributed by atoms with van der Waals surface area (Å²) in [6.45, 7) is 5.44. The Hall–Kier alpha value is -1.12. The third-order valence-electron chi connectivity index (χ3n) is 4.19. The number of hydrogen-bond donors (Lipinski definition) is 1. The van der Waals surface area contributed by atoms with Crippen LogP contribution in [0.1, 0.15) is 39.6 Å². The first-order valence-electron chi connectivity index (χ1n) is 7.06. The number of nitrogens with one attached hydrogen (secondary N) is 1. The van der Waals surface area contributed by atoms with Gasteiger partial charge in [-0.2, -0.15) is 0 Å². The molecule has 1 nitrogen and oxygen atoms in total. The molecule has 0 atom stereocenters. The predicted molar refractivity (Wildman–Crippen MR) is 82.8 cm³/mol. The van der Waals surface area contributed by atoms with Crippen LogP contribution >= 0.6 is 11.3 Å². The highest BCUT2D eigenvalue weighted by Gasteiger charge is 2.29. The van der Waals surface area contributed by atoms with Crippen LogP contribution in [0.4, 0.5) is 0 Å². The van der Waals surface area contributed by atoms with Crippen LogP contribution in [0.15, 0.2) is 36.4 Å². The van der Waals surface area contributed by atoms with Crippen molar-refractivity contribution >= 4 is 11.3 Å². The monoisotopic (exact) mass is 271 g/mol. The SMILES string of the molecule is Cc1cc(CNC2CC(c3ccccc3)C2)sc1C. The normalized spacial score (nSPS) is 22.2. The molecular formula is C17H21NS. The van der Waals surface area contributed by atoms with Crippen molar-refractivity contribution in [3.63, 3.8) is 0 Å². The average Bonchev–Trinajstić information content (AvgIpc) is 2.68. The fraction of sp³-hybridized carbons (Fsp3) is 0.412. The quantitative estimate of drug-likeness (QED) is 0.869. The highest BCUT2D eigenvalue weighted by atomic mass is 32.1. The molecular weight excluding hydrogens is 250 g/mol. The minimum Gasteiger partial charge on any atom is -0.309 e. The van der Waals surface area contributed by atoms with Crippen molar-refractivity contribution in [2.24, 2.45) is 0 Å². The molecule has 0 spiro atoms. The predicted octanol–water partition coefficient (Wildman–Crippen LogP) is 4.40. The molecule has 0 saturated heterocycles. The zero-order chi connectivity index (χ0) is 13.2. The first-order chi connectivity index (χ1) is 9.22. The Morgan fingerprint density at radius 1 is 1.16 bits per heavy atom. The van der Waals surface area contributed by atoms with Crippen LogP contribution in [0.2, 0.25) is 0 Å². The van der Waals surface area contributed by atoms with Crippen molar-refractivity contribution < 1.29 is 0 Å². The maximum absolute atomic E-state index is 3.69. The van der Waals surface area contributed by atoms with Crippen molar-refractivity contribution in [3.05, 3.63) is 57.3 Å². The van der Waals surface area contributed by atoms with Gasteiger partial charge in [-0.3, -0.25) is 0 Å². The third kappa shape index (κ3) is 2.90. The Kier molecular flexibility index (Phi) is 3.72. The molecule has 2 aromatic rings. The van der Waals surface area contributed by atoms with Crippen LogP contribution in [-0.4, -0.2) is 6.04 Å². The van der Waals surface area contributed by atoms with Gasteiger partial charge in [-0.1, -0.05) is 30.3 Å². The second-order valence-electron chi connectivity index (χ2n) is 5.61. The maximum Gasteiger partial charge on any atom is 0.0302 e. The maximum atomic E-state index is 3.69. The van der Waals surface area contributed by atoms with E-state index in [4.69, 9.17) is 0 Å². The van der Waals surface area contributed by atoms with Gasteiger partial charge in [0.15, 0.2) is 0 Å². The molecule has 100 valence electrons. The zero-order valence-corrected chi connectivity index (χ0v) is 12.5. The standard InChI is InChI=1S/C17H21NS/c1-12-8-17(19-13(12)2)11-18-16-9-15(10-16)14-6-4-3-5-7-14/h3-8,15-16,18H,9-11H2,1-2H3. The van der Waals surface area contributed by atoms with E-state index in [1.807, 2.05) is 11.3 Å². The highest BCUT2D eigenvalue weighted by molar-refractivity contribution is 7.12. The lowest BCUT2D eigenvalue weighted by molar-refractivity contribution is 0.290. The summed E-state index contributed by atoms with van der Waals surface area (Å²) >= 11 is 1.93. The van der Waals surface area contributed by atoms with Crippen LogP contribution in [0, 0.1) is 13.8 Å². The summed E-state index contributed by atoms with van der Waals surface area (Å²) in [4.78, 5) is 2.92. The molecule has 0 aliphatic heterocycles. The van der Waals surface area contributed by atoms with E-state index >= 15 is 0 Å². The molecule has 19 heavy (non-hydrogen) atoms. The third-order valence-corrected chi connectivity index (χ3v) is 5.34. The topological polar surface area (TPSA) is 12.0 Å². The van der Waals surface area contributed by atoms with Crippen LogP contribution in [-0.2, 0) is 6.54 Å². The smallest absolute Gasteiger partial charge is 0.0302 e. The second-order valence-corrected chi connectivity index (χ2v) is 6.95. The lowest BCUT2D eigenvalue weighted by atomic mass is 9.76. The van der Waals surface area contributed by atoms with Gasteiger partial charge < -0.3 is 5.32 Å². The minimum absolute atomic E-state index is 0.702. The largest absolute Gasteiger partial charge is 0.309 e. The fourth-order valence-corrected chi connectivity index (χ4v) is 3.77. The van der Waals surface area contributed by atoms with E-state index < -0.39 is 0 Å². The van der Waals surface area contributed by atoms with Crippen LogP contribution in [0.3, 0.4) is 0 Å². The summed E-state index contributed by atoms with van der Waals surface area (Å²) in [7, 11) is 0. The summed E-state index contributed by atoms with van der Waals surface area (Å²) in [5.41, 5.74) is 2.93. The second kappa shape index (κ2) is 5.48. The van der Waals surface area contributed by atoms with E-state index in [1.165, 1.54) is 33.7 Å². The van der Waals surface area contributed by atoms with Gasteiger partial charge in [-0.05, 0) is 49.8 Å². The van der Waals surface area contributed by atoms with E-state index in [-0.39, 0.29) is 0 Å². The summed E-state index contributed by atoms with van der Waals surface area (Å²) < 4.78 is 0. The summed E-state index contributed by atoms with van der Waals surface area (Å²) in [6, 6.07) is 13.9. The van der Waals surface area contributed by atoms with Crippen molar-refractivity contribution in [2.45, 2.75) is 45.2 Å². The molecule has 1 fully saturated rings. The number of benzene rings is 1. The Bertz CT molecular complexity index is 518. The van der Waals surface area contributed by atoms with Crippen molar-refractivity contribution in [2.75, 3.05) is 0 Å². The lowest BCUT2D eigenvalue weighted by Gasteiger charge is -2.36. The molecule has 0 radical (unpaired) electrons. The van der Waals surface area contributed by atoms with E-state index in [0.29, 0.717) is 6.04 Å². The van der Waals surface area contributed by atoms with Gasteiger partial charge in [0, 0.05) is 22.3 Å². The van der Waals surface area contributed by atoms with Gasteiger partial charge in [0.1, 0.15) is 0 Å². The molecule has 3 rings (SSSR count). The number of rotatable bonds is 4. The molecule has 0 unspecified atom stereocenters. The molecule has 1 aliphatic rings. The Morgan fingerprint density at radius 3 is 2.53 bits per heavy atom. The zero-order valence-electron chi connectivity index (χ0n) is 11.6. The fourth-order valence-electron chi connectivity index (χ4n) is 2.76. The molecule has 1 N–H and O–H groups in total. The van der Waals surface area contributed by atoms with E-state index in [9.17, 15) is 0 Å². The first-order valence-corrected chi connectivity index (χ1v) is 7.88. The number of hydrogen-bond acceptors (Lipinski definition) is 2. The molecule has 1 aromatic heterocycles. The van der Waals surface area contributed by atoms with E-state index in [1.54, 1.807) is 0 Å². The van der Waals surface area contributed by atoms with Crippen molar-refractivity contribution in [3.8, 4) is 0 Å². The molecule has 1 aromatic carbocycles. The van der Waals surface area contributed by atoms with Crippen LogP contribution in [0.25, 0.3) is 0 Å². The van der Waals surface area contributed by atoms with Gasteiger partial charge in [0.05, 0.1) is 0 Å². The number of thiophene rings is 1. The van der Waals surface area contributed by atoms with E-state index in [2.05, 4.69) is 55.6 Å².